The van der Waals surface area contributed by atoms with Crippen LogP contribution in [0.1, 0.15) is 34.4 Å². The number of nitrogens with zero attached hydrogens (tertiary/aromatic N) is 2. The maximum absolute atomic E-state index is 13.1. The SMILES string of the molecule is CCC1Oc2ccc(-c3nc(C)sc3C)cc2N(CC(=O)Nc2ccc(C)c(C)c2)C1=O. The summed E-state index contributed by atoms with van der Waals surface area (Å²) in [5.74, 6) is 0.137. The molecule has 1 aromatic heterocycles. The first kappa shape index (κ1) is 22.0. The topological polar surface area (TPSA) is 71.5 Å². The van der Waals surface area contributed by atoms with Crippen LogP contribution in [0.3, 0.4) is 0 Å². The fraction of sp³-hybridized carbons (Fsp3) is 0.320. The Morgan fingerprint density at radius 2 is 1.91 bits per heavy atom. The molecule has 0 saturated carbocycles. The van der Waals surface area contributed by atoms with E-state index in [0.717, 1.165) is 32.3 Å². The largest absolute Gasteiger partial charge is 0.478 e. The Hall–Kier alpha value is -3.19. The Bertz CT molecular complexity index is 1200. The summed E-state index contributed by atoms with van der Waals surface area (Å²) >= 11 is 1.63. The molecule has 0 radical (unpaired) electrons. The third-order valence-electron chi connectivity index (χ3n) is 5.70. The lowest BCUT2D eigenvalue weighted by molar-refractivity contribution is -0.128. The van der Waals surface area contributed by atoms with Crippen molar-refractivity contribution in [3.63, 3.8) is 0 Å². The van der Waals surface area contributed by atoms with Gasteiger partial charge in [0.05, 0.1) is 16.4 Å². The normalized spacial score (nSPS) is 15.3. The highest BCUT2D eigenvalue weighted by atomic mass is 32.1. The zero-order valence-corrected chi connectivity index (χ0v) is 19.8. The molecule has 2 heterocycles. The Kier molecular flexibility index (Phi) is 6.02. The molecule has 2 aromatic carbocycles. The van der Waals surface area contributed by atoms with E-state index in [0.29, 0.717) is 23.5 Å². The van der Waals surface area contributed by atoms with Crippen LogP contribution in [0.15, 0.2) is 36.4 Å². The van der Waals surface area contributed by atoms with Gasteiger partial charge in [-0.2, -0.15) is 0 Å². The number of nitrogens with one attached hydrogen (secondary N) is 1. The Balaban J connectivity index is 1.65. The second-order valence-electron chi connectivity index (χ2n) is 8.11. The van der Waals surface area contributed by atoms with E-state index in [1.54, 1.807) is 11.3 Å². The highest BCUT2D eigenvalue weighted by molar-refractivity contribution is 7.11. The minimum atomic E-state index is -0.606. The van der Waals surface area contributed by atoms with Gasteiger partial charge < -0.3 is 10.1 Å². The number of thiazole rings is 1. The number of anilines is 2. The molecule has 3 aromatic rings. The molecule has 1 aliphatic rings. The smallest absolute Gasteiger partial charge is 0.268 e. The van der Waals surface area contributed by atoms with Crippen molar-refractivity contribution < 1.29 is 14.3 Å². The van der Waals surface area contributed by atoms with Gasteiger partial charge in [-0.3, -0.25) is 14.5 Å². The summed E-state index contributed by atoms with van der Waals surface area (Å²) in [7, 11) is 0. The van der Waals surface area contributed by atoms with E-state index < -0.39 is 6.10 Å². The molecular weight excluding hydrogens is 422 g/mol. The van der Waals surface area contributed by atoms with Gasteiger partial charge in [0.2, 0.25) is 5.91 Å². The van der Waals surface area contributed by atoms with Crippen LogP contribution in [-0.2, 0) is 9.59 Å². The van der Waals surface area contributed by atoms with E-state index in [1.165, 1.54) is 4.90 Å². The Morgan fingerprint density at radius 3 is 2.56 bits per heavy atom. The number of hydrogen-bond acceptors (Lipinski definition) is 5. The zero-order chi connectivity index (χ0) is 23.0. The Morgan fingerprint density at radius 1 is 1.12 bits per heavy atom. The summed E-state index contributed by atoms with van der Waals surface area (Å²) in [4.78, 5) is 33.3. The van der Waals surface area contributed by atoms with Crippen LogP contribution in [0.25, 0.3) is 11.3 Å². The molecule has 0 saturated heterocycles. The average molecular weight is 450 g/mol. The van der Waals surface area contributed by atoms with Gasteiger partial charge in [-0.05, 0) is 75.6 Å². The van der Waals surface area contributed by atoms with Crippen LogP contribution in [0.4, 0.5) is 11.4 Å². The second-order valence-corrected chi connectivity index (χ2v) is 9.51. The van der Waals surface area contributed by atoms with Crippen LogP contribution < -0.4 is 15.0 Å². The monoisotopic (exact) mass is 449 g/mol. The van der Waals surface area contributed by atoms with Gasteiger partial charge in [0.1, 0.15) is 12.3 Å². The lowest BCUT2D eigenvalue weighted by atomic mass is 10.1. The third-order valence-corrected chi connectivity index (χ3v) is 6.59. The van der Waals surface area contributed by atoms with Crippen molar-refractivity contribution in [3.8, 4) is 17.0 Å². The standard InChI is InChI=1S/C25H27N3O3S/c1-6-21-25(30)28(13-23(29)27-19-9-7-14(2)15(3)11-19)20-12-18(8-10-22(20)31-21)24-16(4)32-17(5)26-24/h7-12,21H,6,13H2,1-5H3,(H,27,29). The third kappa shape index (κ3) is 4.25. The molecule has 32 heavy (non-hydrogen) atoms. The molecule has 7 heteroatoms. The van der Waals surface area contributed by atoms with Gasteiger partial charge >= 0.3 is 0 Å². The molecule has 0 aliphatic carbocycles. The summed E-state index contributed by atoms with van der Waals surface area (Å²) < 4.78 is 5.94. The van der Waals surface area contributed by atoms with Gasteiger partial charge in [0, 0.05) is 16.1 Å². The number of fused-ring (bicyclic) bond motifs is 1. The molecule has 0 bridgehead atoms. The van der Waals surface area contributed by atoms with Crippen molar-refractivity contribution in [1.29, 1.82) is 0 Å². The predicted octanol–water partition coefficient (Wildman–Crippen LogP) is 5.19. The number of carbonyl (C=O) groups excluding carboxylic acids is 2. The van der Waals surface area contributed by atoms with Gasteiger partial charge in [-0.25, -0.2) is 4.98 Å². The zero-order valence-electron chi connectivity index (χ0n) is 19.0. The molecule has 4 rings (SSSR count). The van der Waals surface area contributed by atoms with Crippen LogP contribution in [0.5, 0.6) is 5.75 Å². The van der Waals surface area contributed by atoms with Gasteiger partial charge in [0.15, 0.2) is 6.10 Å². The average Bonchev–Trinajstić information content (AvgIpc) is 3.10. The van der Waals surface area contributed by atoms with Crippen molar-refractivity contribution in [1.82, 2.24) is 4.98 Å². The highest BCUT2D eigenvalue weighted by Crippen LogP contribution is 2.39. The number of amides is 2. The summed E-state index contributed by atoms with van der Waals surface area (Å²) in [5, 5.41) is 3.90. The first-order chi connectivity index (χ1) is 15.3. The molecule has 1 unspecified atom stereocenters. The molecule has 166 valence electrons. The lowest BCUT2D eigenvalue weighted by Crippen LogP contribution is -2.48. The Labute approximate surface area is 192 Å². The second kappa shape index (κ2) is 8.74. The highest BCUT2D eigenvalue weighted by Gasteiger charge is 2.35. The first-order valence-electron chi connectivity index (χ1n) is 10.7. The van der Waals surface area contributed by atoms with E-state index in [2.05, 4.69) is 10.3 Å². The molecule has 6 nitrogen and oxygen atoms in total. The summed E-state index contributed by atoms with van der Waals surface area (Å²) in [5.41, 5.74) is 5.36. The predicted molar refractivity (Wildman–Crippen MR) is 129 cm³/mol. The maximum Gasteiger partial charge on any atom is 0.268 e. The van der Waals surface area contributed by atoms with Gasteiger partial charge in [-0.1, -0.05) is 13.0 Å². The maximum atomic E-state index is 13.1. The molecule has 0 fully saturated rings. The number of rotatable bonds is 5. The van der Waals surface area contributed by atoms with Crippen molar-refractivity contribution in [2.45, 2.75) is 47.1 Å². The number of aromatic nitrogens is 1. The lowest BCUT2D eigenvalue weighted by Gasteiger charge is -2.34. The van der Waals surface area contributed by atoms with Crippen LogP contribution in [0.2, 0.25) is 0 Å². The van der Waals surface area contributed by atoms with E-state index >= 15 is 0 Å². The number of aryl methyl sites for hydroxylation is 4. The van der Waals surface area contributed by atoms with Crippen LogP contribution >= 0.6 is 11.3 Å². The summed E-state index contributed by atoms with van der Waals surface area (Å²) in [6.07, 6.45) is -0.0781. The fourth-order valence-corrected chi connectivity index (χ4v) is 4.69. The minimum absolute atomic E-state index is 0.0862. The van der Waals surface area contributed by atoms with Gasteiger partial charge in [0.25, 0.3) is 5.91 Å². The number of ether oxygens (including phenoxy) is 1. The number of benzene rings is 2. The minimum Gasteiger partial charge on any atom is -0.478 e. The van der Waals surface area contributed by atoms with E-state index in [1.807, 2.05) is 71.0 Å². The van der Waals surface area contributed by atoms with E-state index in [-0.39, 0.29) is 18.4 Å². The number of carbonyl (C=O) groups is 2. The van der Waals surface area contributed by atoms with E-state index in [9.17, 15) is 9.59 Å². The molecule has 2 amide bonds. The van der Waals surface area contributed by atoms with Gasteiger partial charge in [-0.15, -0.1) is 11.3 Å². The number of hydrogen-bond donors (Lipinski definition) is 1. The molecule has 1 aliphatic heterocycles. The fourth-order valence-electron chi connectivity index (χ4n) is 3.85. The van der Waals surface area contributed by atoms with Crippen LogP contribution in [-0.4, -0.2) is 29.4 Å². The van der Waals surface area contributed by atoms with Crippen molar-refractivity contribution in [2.24, 2.45) is 0 Å². The van der Waals surface area contributed by atoms with Crippen molar-refractivity contribution >= 4 is 34.5 Å². The van der Waals surface area contributed by atoms with Crippen molar-refractivity contribution in [2.75, 3.05) is 16.8 Å². The summed E-state index contributed by atoms with van der Waals surface area (Å²) in [6, 6.07) is 11.5. The molecule has 1 N–H and O–H groups in total. The van der Waals surface area contributed by atoms with Crippen molar-refractivity contribution in [3.05, 3.63) is 57.4 Å². The van der Waals surface area contributed by atoms with E-state index in [4.69, 9.17) is 4.74 Å². The first-order valence-corrected chi connectivity index (χ1v) is 11.5. The van der Waals surface area contributed by atoms with Crippen LogP contribution in [0, 0.1) is 27.7 Å². The molecular formula is C25H27N3O3S. The summed E-state index contributed by atoms with van der Waals surface area (Å²) in [6.45, 7) is 9.85. The quantitative estimate of drug-likeness (QED) is 0.582. The molecule has 0 spiro atoms. The molecule has 1 atom stereocenters.